The third-order valence-electron chi connectivity index (χ3n) is 5.19. The van der Waals surface area contributed by atoms with Gasteiger partial charge in [-0.05, 0) is 56.0 Å². The van der Waals surface area contributed by atoms with Gasteiger partial charge in [-0.3, -0.25) is 0 Å². The first kappa shape index (κ1) is 18.2. The molecule has 0 amide bonds. The van der Waals surface area contributed by atoms with Gasteiger partial charge in [0.15, 0.2) is 23.1 Å². The van der Waals surface area contributed by atoms with Crippen molar-refractivity contribution < 1.29 is 27.4 Å². The Kier molecular flexibility index (Phi) is 4.76. The number of halogens is 3. The molecule has 0 bridgehead atoms. The molecule has 1 heterocycles. The molecule has 0 radical (unpaired) electrons. The topological polar surface area (TPSA) is 27.7 Å². The highest BCUT2D eigenvalue weighted by Crippen LogP contribution is 2.53. The summed E-state index contributed by atoms with van der Waals surface area (Å²) in [5, 5.41) is 0. The second-order valence-corrected chi connectivity index (χ2v) is 7.06. The Balaban J connectivity index is 1.57. The highest BCUT2D eigenvalue weighted by Gasteiger charge is 2.35. The molecule has 1 aliphatic heterocycles. The predicted molar refractivity (Wildman–Crippen MR) is 95.5 cm³/mol. The summed E-state index contributed by atoms with van der Waals surface area (Å²) in [4.78, 5) is 0. The number of hydrogen-bond acceptors (Lipinski definition) is 3. The standard InChI is InChI=1S/C21H21F3O3/c1-3-25-16-8-14-13-6-7-15(27-10-12-5-4-11(2)26-9-12)19(22)17(13)18(14)21(24)20(16)23/h6-8,11-12H,3-5,9-10H2,1-2H3. The fourth-order valence-electron chi connectivity index (χ4n) is 3.67. The first-order valence-corrected chi connectivity index (χ1v) is 9.23. The van der Waals surface area contributed by atoms with Crippen LogP contribution in [-0.4, -0.2) is 25.9 Å². The van der Waals surface area contributed by atoms with Crippen molar-refractivity contribution in [2.75, 3.05) is 19.8 Å². The molecule has 144 valence electrons. The average molecular weight is 378 g/mol. The van der Waals surface area contributed by atoms with Crippen LogP contribution in [0.3, 0.4) is 0 Å². The minimum atomic E-state index is -1.10. The first-order chi connectivity index (χ1) is 13.0. The zero-order valence-electron chi connectivity index (χ0n) is 15.3. The third-order valence-corrected chi connectivity index (χ3v) is 5.19. The number of benzene rings is 2. The molecule has 0 spiro atoms. The van der Waals surface area contributed by atoms with E-state index in [4.69, 9.17) is 14.2 Å². The molecule has 2 atom stereocenters. The van der Waals surface area contributed by atoms with E-state index in [1.165, 1.54) is 12.1 Å². The maximum atomic E-state index is 14.9. The molecule has 3 nitrogen and oxygen atoms in total. The summed E-state index contributed by atoms with van der Waals surface area (Å²) >= 11 is 0. The second-order valence-electron chi connectivity index (χ2n) is 7.06. The zero-order valence-corrected chi connectivity index (χ0v) is 15.3. The van der Waals surface area contributed by atoms with E-state index >= 15 is 0 Å². The summed E-state index contributed by atoms with van der Waals surface area (Å²) in [5.41, 5.74) is 0.996. The van der Waals surface area contributed by atoms with Crippen LogP contribution in [0.4, 0.5) is 13.2 Å². The van der Waals surface area contributed by atoms with Crippen molar-refractivity contribution in [3.63, 3.8) is 0 Å². The van der Waals surface area contributed by atoms with Crippen LogP contribution in [0.5, 0.6) is 11.5 Å². The molecule has 27 heavy (non-hydrogen) atoms. The fourth-order valence-corrected chi connectivity index (χ4v) is 3.67. The van der Waals surface area contributed by atoms with E-state index in [0.717, 1.165) is 12.8 Å². The molecule has 2 aromatic rings. The molecule has 1 saturated heterocycles. The summed E-state index contributed by atoms with van der Waals surface area (Å²) in [6.07, 6.45) is 2.14. The maximum absolute atomic E-state index is 14.9. The highest BCUT2D eigenvalue weighted by molar-refractivity contribution is 6.04. The van der Waals surface area contributed by atoms with E-state index < -0.39 is 17.5 Å². The molecule has 1 fully saturated rings. The molecule has 0 aromatic heterocycles. The smallest absolute Gasteiger partial charge is 0.201 e. The van der Waals surface area contributed by atoms with Gasteiger partial charge in [0.25, 0.3) is 0 Å². The minimum Gasteiger partial charge on any atom is -0.491 e. The molecular weight excluding hydrogens is 357 g/mol. The predicted octanol–water partition coefficient (Wildman–Crippen LogP) is 5.34. The van der Waals surface area contributed by atoms with Crippen LogP contribution in [0.25, 0.3) is 22.3 Å². The maximum Gasteiger partial charge on any atom is 0.201 e. The molecule has 0 N–H and O–H groups in total. The summed E-state index contributed by atoms with van der Waals surface area (Å²) < 4.78 is 59.8. The Hall–Kier alpha value is -2.21. The Morgan fingerprint density at radius 2 is 1.74 bits per heavy atom. The van der Waals surface area contributed by atoms with Gasteiger partial charge in [-0.2, -0.15) is 4.39 Å². The van der Waals surface area contributed by atoms with E-state index in [0.29, 0.717) is 24.3 Å². The second kappa shape index (κ2) is 7.08. The lowest BCUT2D eigenvalue weighted by molar-refractivity contribution is -0.0175. The molecule has 4 rings (SSSR count). The van der Waals surface area contributed by atoms with Gasteiger partial charge in [0.2, 0.25) is 5.82 Å². The van der Waals surface area contributed by atoms with Crippen LogP contribution in [0, 0.1) is 23.4 Å². The van der Waals surface area contributed by atoms with E-state index in [9.17, 15) is 13.2 Å². The molecule has 2 unspecified atom stereocenters. The Labute approximate surface area is 156 Å². The van der Waals surface area contributed by atoms with E-state index in [2.05, 4.69) is 0 Å². The van der Waals surface area contributed by atoms with Crippen molar-refractivity contribution in [2.24, 2.45) is 5.92 Å². The quantitative estimate of drug-likeness (QED) is 0.599. The van der Waals surface area contributed by atoms with Crippen molar-refractivity contribution in [3.8, 4) is 33.8 Å². The molecule has 1 aliphatic carbocycles. The van der Waals surface area contributed by atoms with Crippen LogP contribution >= 0.6 is 0 Å². The van der Waals surface area contributed by atoms with Crippen molar-refractivity contribution >= 4 is 0 Å². The molecule has 6 heteroatoms. The van der Waals surface area contributed by atoms with Crippen LogP contribution < -0.4 is 9.47 Å². The highest BCUT2D eigenvalue weighted by atomic mass is 19.2. The minimum absolute atomic E-state index is 0.0479. The average Bonchev–Trinajstić information content (AvgIpc) is 2.65. The summed E-state index contributed by atoms with van der Waals surface area (Å²) in [7, 11) is 0. The Bertz CT molecular complexity index is 874. The monoisotopic (exact) mass is 378 g/mol. The summed E-state index contributed by atoms with van der Waals surface area (Å²) in [6.45, 7) is 4.83. The van der Waals surface area contributed by atoms with Gasteiger partial charge in [0.05, 0.1) is 25.9 Å². The Morgan fingerprint density at radius 1 is 0.963 bits per heavy atom. The lowest BCUT2D eigenvalue weighted by Crippen LogP contribution is -2.27. The van der Waals surface area contributed by atoms with E-state index in [1.54, 1.807) is 13.0 Å². The molecule has 2 aromatic carbocycles. The Morgan fingerprint density at radius 3 is 2.44 bits per heavy atom. The molecule has 2 aliphatic rings. The van der Waals surface area contributed by atoms with Gasteiger partial charge in [-0.25, -0.2) is 8.78 Å². The van der Waals surface area contributed by atoms with Gasteiger partial charge >= 0.3 is 0 Å². The van der Waals surface area contributed by atoms with Gasteiger partial charge in [-0.1, -0.05) is 0 Å². The zero-order chi connectivity index (χ0) is 19.1. The van der Waals surface area contributed by atoms with E-state index in [1.807, 2.05) is 6.92 Å². The van der Waals surface area contributed by atoms with E-state index in [-0.39, 0.29) is 41.3 Å². The van der Waals surface area contributed by atoms with Crippen molar-refractivity contribution in [1.82, 2.24) is 0 Å². The summed E-state index contributed by atoms with van der Waals surface area (Å²) in [5.74, 6) is -2.76. The third kappa shape index (κ3) is 3.06. The van der Waals surface area contributed by atoms with Crippen molar-refractivity contribution in [3.05, 3.63) is 35.7 Å². The van der Waals surface area contributed by atoms with Crippen LogP contribution in [-0.2, 0) is 4.74 Å². The number of hydrogen-bond donors (Lipinski definition) is 0. The number of rotatable bonds is 5. The van der Waals surface area contributed by atoms with Gasteiger partial charge in [-0.15, -0.1) is 0 Å². The van der Waals surface area contributed by atoms with Gasteiger partial charge in [0, 0.05) is 17.0 Å². The van der Waals surface area contributed by atoms with Crippen molar-refractivity contribution in [1.29, 1.82) is 0 Å². The number of fused-ring (bicyclic) bond motifs is 4. The largest absolute Gasteiger partial charge is 0.491 e. The van der Waals surface area contributed by atoms with Crippen LogP contribution in [0.1, 0.15) is 26.7 Å². The first-order valence-electron chi connectivity index (χ1n) is 9.23. The molecule has 0 saturated carbocycles. The van der Waals surface area contributed by atoms with Crippen molar-refractivity contribution in [2.45, 2.75) is 32.8 Å². The SMILES string of the molecule is CCOc1cc2c(c(F)c1F)-c1c-2ccc(OCC2CCC(C)OC2)c1F. The summed E-state index contributed by atoms with van der Waals surface area (Å²) in [6, 6.07) is 4.62. The molecular formula is C21H21F3O3. The number of ether oxygens (including phenoxy) is 3. The van der Waals surface area contributed by atoms with Gasteiger partial charge < -0.3 is 14.2 Å². The van der Waals surface area contributed by atoms with Crippen LogP contribution in [0.2, 0.25) is 0 Å². The van der Waals surface area contributed by atoms with Gasteiger partial charge in [0.1, 0.15) is 0 Å². The fraction of sp³-hybridized carbons (Fsp3) is 0.429. The van der Waals surface area contributed by atoms with Crippen LogP contribution in [0.15, 0.2) is 18.2 Å². The lowest BCUT2D eigenvalue weighted by Gasteiger charge is -2.29. The lowest BCUT2D eigenvalue weighted by atomic mass is 9.79. The normalized spacial score (nSPS) is 20.5.